The van der Waals surface area contributed by atoms with Crippen LogP contribution in [0.5, 0.6) is 5.75 Å². The molecule has 0 bridgehead atoms. The average molecular weight is 267 g/mol. The molecule has 1 aromatic carbocycles. The molecule has 6 N–H and O–H groups in total. The van der Waals surface area contributed by atoms with Crippen molar-refractivity contribution in [2.24, 2.45) is 5.73 Å². The highest BCUT2D eigenvalue weighted by molar-refractivity contribution is 6.02. The highest BCUT2D eigenvalue weighted by atomic mass is 16.4. The summed E-state index contributed by atoms with van der Waals surface area (Å²) in [7, 11) is 0. The molecule has 0 aliphatic rings. The predicted octanol–water partition coefficient (Wildman–Crippen LogP) is -0.896. The van der Waals surface area contributed by atoms with Gasteiger partial charge < -0.3 is 26.6 Å². The van der Waals surface area contributed by atoms with Crippen LogP contribution in [0.1, 0.15) is 10.4 Å². The van der Waals surface area contributed by atoms with E-state index in [0.717, 1.165) is 6.07 Å². The number of carbonyl (C=O) groups is 3. The van der Waals surface area contributed by atoms with E-state index in [9.17, 15) is 19.5 Å². The fourth-order valence-electron chi connectivity index (χ4n) is 1.26. The zero-order valence-corrected chi connectivity index (χ0v) is 9.84. The molecule has 1 aromatic rings. The minimum absolute atomic E-state index is 0.0253. The van der Waals surface area contributed by atoms with Gasteiger partial charge in [-0.3, -0.25) is 9.59 Å². The van der Waals surface area contributed by atoms with Crippen molar-refractivity contribution in [2.75, 3.05) is 18.4 Å². The van der Waals surface area contributed by atoms with Gasteiger partial charge in [0.05, 0.1) is 24.3 Å². The Morgan fingerprint density at radius 3 is 2.47 bits per heavy atom. The van der Waals surface area contributed by atoms with Gasteiger partial charge in [0, 0.05) is 0 Å². The standard InChI is InChI=1S/C11H13N3O5/c12-4-9(16)13-5-10(17)14-8-2-1-6(15)3-7(8)11(18)19/h1-3,15H,4-5,12H2,(H,13,16)(H,14,17)(H,18,19). The molecule has 0 spiro atoms. The van der Waals surface area contributed by atoms with E-state index < -0.39 is 17.8 Å². The number of aromatic hydroxyl groups is 1. The summed E-state index contributed by atoms with van der Waals surface area (Å²) in [6.07, 6.45) is 0. The Morgan fingerprint density at radius 2 is 1.89 bits per heavy atom. The zero-order chi connectivity index (χ0) is 14.4. The topological polar surface area (TPSA) is 142 Å². The van der Waals surface area contributed by atoms with Crippen LogP contribution in [-0.2, 0) is 9.59 Å². The number of phenols is 1. The van der Waals surface area contributed by atoms with Gasteiger partial charge in [0.15, 0.2) is 0 Å². The van der Waals surface area contributed by atoms with E-state index in [1.54, 1.807) is 0 Å². The van der Waals surface area contributed by atoms with E-state index >= 15 is 0 Å². The van der Waals surface area contributed by atoms with Crippen molar-refractivity contribution in [3.63, 3.8) is 0 Å². The first-order chi connectivity index (χ1) is 8.93. The minimum atomic E-state index is -1.29. The Hall–Kier alpha value is -2.61. The smallest absolute Gasteiger partial charge is 0.337 e. The number of nitrogens with one attached hydrogen (secondary N) is 2. The van der Waals surface area contributed by atoms with E-state index in [1.165, 1.54) is 12.1 Å². The van der Waals surface area contributed by atoms with Gasteiger partial charge in [0.1, 0.15) is 5.75 Å². The summed E-state index contributed by atoms with van der Waals surface area (Å²) >= 11 is 0. The molecule has 0 heterocycles. The third-order valence-electron chi connectivity index (χ3n) is 2.14. The number of carbonyl (C=O) groups excluding carboxylic acids is 2. The van der Waals surface area contributed by atoms with Crippen LogP contribution in [-0.4, -0.2) is 41.1 Å². The molecule has 0 unspecified atom stereocenters. The molecule has 2 amide bonds. The van der Waals surface area contributed by atoms with Crippen LogP contribution >= 0.6 is 0 Å². The summed E-state index contributed by atoms with van der Waals surface area (Å²) < 4.78 is 0. The molecule has 0 aliphatic carbocycles. The number of carboxylic acid groups (broad SMARTS) is 1. The summed E-state index contributed by atoms with van der Waals surface area (Å²) in [6.45, 7) is -0.567. The Morgan fingerprint density at radius 1 is 1.21 bits per heavy atom. The molecule has 8 heteroatoms. The largest absolute Gasteiger partial charge is 0.508 e. The maximum absolute atomic E-state index is 11.5. The highest BCUT2D eigenvalue weighted by Gasteiger charge is 2.13. The lowest BCUT2D eigenvalue weighted by molar-refractivity contribution is -0.123. The molecule has 8 nitrogen and oxygen atoms in total. The van der Waals surface area contributed by atoms with Crippen molar-refractivity contribution < 1.29 is 24.6 Å². The zero-order valence-electron chi connectivity index (χ0n) is 9.84. The van der Waals surface area contributed by atoms with Crippen molar-refractivity contribution in [1.82, 2.24) is 5.32 Å². The summed E-state index contributed by atoms with van der Waals surface area (Å²) in [6, 6.07) is 3.50. The number of aromatic carboxylic acids is 1. The van der Waals surface area contributed by atoms with Crippen LogP contribution < -0.4 is 16.4 Å². The molecule has 0 fully saturated rings. The lowest BCUT2D eigenvalue weighted by Crippen LogP contribution is -2.36. The van der Waals surface area contributed by atoms with Crippen LogP contribution in [0.15, 0.2) is 18.2 Å². The van der Waals surface area contributed by atoms with Gasteiger partial charge in [0.2, 0.25) is 11.8 Å². The van der Waals surface area contributed by atoms with Gasteiger partial charge in [-0.15, -0.1) is 0 Å². The molecule has 0 aliphatic heterocycles. The molecule has 0 saturated heterocycles. The second-order valence-electron chi connectivity index (χ2n) is 3.56. The Labute approximate surface area is 108 Å². The van der Waals surface area contributed by atoms with Gasteiger partial charge in [-0.05, 0) is 18.2 Å². The SMILES string of the molecule is NCC(=O)NCC(=O)Nc1ccc(O)cc1C(=O)O. The number of amides is 2. The molecule has 0 radical (unpaired) electrons. The van der Waals surface area contributed by atoms with Crippen molar-refractivity contribution in [3.05, 3.63) is 23.8 Å². The quantitative estimate of drug-likeness (QED) is 0.438. The molecule has 0 atom stereocenters. The maximum atomic E-state index is 11.5. The highest BCUT2D eigenvalue weighted by Crippen LogP contribution is 2.21. The van der Waals surface area contributed by atoms with Crippen molar-refractivity contribution in [3.8, 4) is 5.75 Å². The first-order valence-corrected chi connectivity index (χ1v) is 5.27. The van der Waals surface area contributed by atoms with Gasteiger partial charge in [-0.2, -0.15) is 0 Å². The van der Waals surface area contributed by atoms with Crippen LogP contribution in [0.25, 0.3) is 0 Å². The number of hydrogen-bond donors (Lipinski definition) is 5. The van der Waals surface area contributed by atoms with Crippen LogP contribution in [0.2, 0.25) is 0 Å². The summed E-state index contributed by atoms with van der Waals surface area (Å²) in [5.74, 6) is -2.63. The first kappa shape index (κ1) is 14.5. The number of phenolic OH excluding ortho intramolecular Hbond substituents is 1. The number of benzene rings is 1. The first-order valence-electron chi connectivity index (χ1n) is 5.27. The summed E-state index contributed by atoms with van der Waals surface area (Å²) in [4.78, 5) is 33.2. The molecular weight excluding hydrogens is 254 g/mol. The Bertz CT molecular complexity index is 515. The maximum Gasteiger partial charge on any atom is 0.337 e. The number of anilines is 1. The average Bonchev–Trinajstić information content (AvgIpc) is 2.37. The van der Waals surface area contributed by atoms with E-state index in [0.29, 0.717) is 0 Å². The lowest BCUT2D eigenvalue weighted by Gasteiger charge is -2.09. The molecule has 19 heavy (non-hydrogen) atoms. The summed E-state index contributed by atoms with van der Waals surface area (Å²) in [5, 5.41) is 22.6. The molecular formula is C11H13N3O5. The second kappa shape index (κ2) is 6.36. The third kappa shape index (κ3) is 4.28. The van der Waals surface area contributed by atoms with Gasteiger partial charge in [0.25, 0.3) is 0 Å². The van der Waals surface area contributed by atoms with Gasteiger partial charge in [-0.1, -0.05) is 0 Å². The molecule has 0 saturated carbocycles. The Balaban J connectivity index is 2.74. The van der Waals surface area contributed by atoms with Crippen molar-refractivity contribution in [1.29, 1.82) is 0 Å². The van der Waals surface area contributed by atoms with Gasteiger partial charge in [-0.25, -0.2) is 4.79 Å². The van der Waals surface area contributed by atoms with E-state index in [4.69, 9.17) is 10.8 Å². The second-order valence-corrected chi connectivity index (χ2v) is 3.56. The minimum Gasteiger partial charge on any atom is -0.508 e. The van der Waals surface area contributed by atoms with Crippen LogP contribution in [0, 0.1) is 0 Å². The lowest BCUT2D eigenvalue weighted by atomic mass is 10.1. The predicted molar refractivity (Wildman–Crippen MR) is 65.8 cm³/mol. The monoisotopic (exact) mass is 267 g/mol. The van der Waals surface area contributed by atoms with Crippen LogP contribution in [0.3, 0.4) is 0 Å². The van der Waals surface area contributed by atoms with Crippen LogP contribution in [0.4, 0.5) is 5.69 Å². The number of nitrogens with two attached hydrogens (primary N) is 1. The van der Waals surface area contributed by atoms with Gasteiger partial charge >= 0.3 is 5.97 Å². The molecule has 102 valence electrons. The summed E-state index contributed by atoms with van der Waals surface area (Å²) in [5.41, 5.74) is 4.82. The molecule has 1 rings (SSSR count). The molecule has 0 aromatic heterocycles. The fraction of sp³-hybridized carbons (Fsp3) is 0.182. The number of hydrogen-bond acceptors (Lipinski definition) is 5. The van der Waals surface area contributed by atoms with Crippen molar-refractivity contribution in [2.45, 2.75) is 0 Å². The van der Waals surface area contributed by atoms with E-state index in [1.807, 2.05) is 0 Å². The number of rotatable bonds is 5. The normalized spacial score (nSPS) is 9.74. The fourth-order valence-corrected chi connectivity index (χ4v) is 1.26. The van der Waals surface area contributed by atoms with E-state index in [2.05, 4.69) is 10.6 Å². The number of carboxylic acids is 1. The third-order valence-corrected chi connectivity index (χ3v) is 2.14. The Kier molecular flexibility index (Phi) is 4.84. The van der Waals surface area contributed by atoms with E-state index in [-0.39, 0.29) is 30.1 Å². The van der Waals surface area contributed by atoms with Crippen molar-refractivity contribution >= 4 is 23.5 Å².